The van der Waals surface area contributed by atoms with Gasteiger partial charge >= 0.3 is 0 Å². The second kappa shape index (κ2) is 4.80. The molecule has 76 valence electrons. The fourth-order valence-electron chi connectivity index (χ4n) is 1.74. The Bertz CT molecular complexity index is 331. The minimum Gasteiger partial charge on any atom is -0.366 e. The maximum absolute atomic E-state index is 11.2. The predicted molar refractivity (Wildman–Crippen MR) is 58.3 cm³/mol. The molecule has 0 aromatic heterocycles. The monoisotopic (exact) mass is 191 g/mol. The molecule has 0 atom stereocenters. The van der Waals surface area contributed by atoms with Crippen molar-refractivity contribution in [1.82, 2.24) is 0 Å². The number of carbonyl (C=O) groups excluding carboxylic acids is 1. The zero-order valence-electron chi connectivity index (χ0n) is 8.84. The van der Waals surface area contributed by atoms with Crippen LogP contribution in [-0.4, -0.2) is 5.91 Å². The van der Waals surface area contributed by atoms with Crippen molar-refractivity contribution in [2.24, 2.45) is 5.73 Å². The van der Waals surface area contributed by atoms with Crippen LogP contribution in [0.1, 0.15) is 41.8 Å². The zero-order chi connectivity index (χ0) is 10.6. The van der Waals surface area contributed by atoms with Crippen LogP contribution in [0, 0.1) is 0 Å². The first-order valence-corrected chi connectivity index (χ1v) is 5.11. The Hall–Kier alpha value is -1.31. The Morgan fingerprint density at radius 2 is 2.07 bits per heavy atom. The molecule has 1 aromatic carbocycles. The first kappa shape index (κ1) is 10.8. The summed E-state index contributed by atoms with van der Waals surface area (Å²) >= 11 is 0. The highest BCUT2D eigenvalue weighted by molar-refractivity contribution is 5.94. The molecular weight excluding hydrogens is 174 g/mol. The van der Waals surface area contributed by atoms with Gasteiger partial charge in [0.25, 0.3) is 0 Å². The number of primary amides is 1. The molecule has 0 heterocycles. The maximum Gasteiger partial charge on any atom is 0.248 e. The molecule has 0 aliphatic heterocycles. The number of nitrogens with two attached hydrogens (primary N) is 1. The van der Waals surface area contributed by atoms with Gasteiger partial charge in [0.2, 0.25) is 5.91 Å². The van der Waals surface area contributed by atoms with Gasteiger partial charge in [0.05, 0.1) is 0 Å². The van der Waals surface area contributed by atoms with E-state index in [0.29, 0.717) is 5.56 Å². The van der Waals surface area contributed by atoms with Crippen LogP contribution >= 0.6 is 0 Å². The molecule has 0 saturated heterocycles. The van der Waals surface area contributed by atoms with Crippen LogP contribution in [0.2, 0.25) is 0 Å². The minimum atomic E-state index is -0.316. The van der Waals surface area contributed by atoms with E-state index in [1.54, 1.807) is 0 Å². The number of hydrogen-bond acceptors (Lipinski definition) is 1. The smallest absolute Gasteiger partial charge is 0.248 e. The lowest BCUT2D eigenvalue weighted by Gasteiger charge is -2.10. The lowest BCUT2D eigenvalue weighted by molar-refractivity contribution is 0.0999. The summed E-state index contributed by atoms with van der Waals surface area (Å²) in [6, 6.07) is 5.78. The molecule has 1 amide bonds. The summed E-state index contributed by atoms with van der Waals surface area (Å²) < 4.78 is 0. The van der Waals surface area contributed by atoms with Crippen LogP contribution in [0.15, 0.2) is 18.2 Å². The molecule has 1 rings (SSSR count). The molecule has 2 heteroatoms. The Morgan fingerprint density at radius 3 is 2.57 bits per heavy atom. The molecule has 0 bridgehead atoms. The fourth-order valence-corrected chi connectivity index (χ4v) is 1.74. The van der Waals surface area contributed by atoms with Gasteiger partial charge in [-0.1, -0.05) is 32.4 Å². The van der Waals surface area contributed by atoms with E-state index in [-0.39, 0.29) is 5.91 Å². The van der Waals surface area contributed by atoms with Crippen molar-refractivity contribution >= 4 is 5.91 Å². The van der Waals surface area contributed by atoms with Gasteiger partial charge in [-0.3, -0.25) is 4.79 Å². The largest absolute Gasteiger partial charge is 0.366 e. The van der Waals surface area contributed by atoms with Crippen LogP contribution < -0.4 is 5.73 Å². The van der Waals surface area contributed by atoms with Crippen LogP contribution in [-0.2, 0) is 12.8 Å². The molecule has 0 radical (unpaired) electrons. The lowest BCUT2D eigenvalue weighted by atomic mass is 9.95. The van der Waals surface area contributed by atoms with E-state index in [2.05, 4.69) is 19.9 Å². The summed E-state index contributed by atoms with van der Waals surface area (Å²) in [7, 11) is 0. The van der Waals surface area contributed by atoms with Gasteiger partial charge in [0.15, 0.2) is 0 Å². The quantitative estimate of drug-likeness (QED) is 0.779. The summed E-state index contributed by atoms with van der Waals surface area (Å²) in [5, 5.41) is 0. The lowest BCUT2D eigenvalue weighted by Crippen LogP contribution is -2.15. The molecular formula is C12H17NO. The average Bonchev–Trinajstić information content (AvgIpc) is 2.18. The number of hydrogen-bond donors (Lipinski definition) is 1. The summed E-state index contributed by atoms with van der Waals surface area (Å²) in [4.78, 5) is 11.2. The van der Waals surface area contributed by atoms with Gasteiger partial charge in [0, 0.05) is 5.56 Å². The van der Waals surface area contributed by atoms with Crippen LogP contribution in [0.3, 0.4) is 0 Å². The Balaban J connectivity index is 3.20. The molecule has 0 aliphatic carbocycles. The summed E-state index contributed by atoms with van der Waals surface area (Å²) in [5.74, 6) is -0.316. The van der Waals surface area contributed by atoms with Crippen LogP contribution in [0.5, 0.6) is 0 Å². The van der Waals surface area contributed by atoms with E-state index in [1.165, 1.54) is 5.56 Å². The van der Waals surface area contributed by atoms with Crippen molar-refractivity contribution in [3.05, 3.63) is 34.9 Å². The third-order valence-corrected chi connectivity index (χ3v) is 2.42. The molecule has 0 fully saturated rings. The summed E-state index contributed by atoms with van der Waals surface area (Å²) in [6.07, 6.45) is 2.93. The zero-order valence-corrected chi connectivity index (χ0v) is 8.84. The standard InChI is InChI=1S/C12H17NO/c1-3-6-10-9(4-2)7-5-8-11(10)12(13)14/h5,7-8H,3-4,6H2,1-2H3,(H2,13,14). The second-order valence-electron chi connectivity index (χ2n) is 3.41. The molecule has 0 unspecified atom stereocenters. The van der Waals surface area contributed by atoms with Crippen LogP contribution in [0.4, 0.5) is 0 Å². The molecule has 1 aromatic rings. The summed E-state index contributed by atoms with van der Waals surface area (Å²) in [5.41, 5.74) is 8.38. The van der Waals surface area contributed by atoms with E-state index in [4.69, 9.17) is 5.73 Å². The van der Waals surface area contributed by atoms with E-state index >= 15 is 0 Å². The van der Waals surface area contributed by atoms with E-state index < -0.39 is 0 Å². The minimum absolute atomic E-state index is 0.316. The van der Waals surface area contributed by atoms with Gasteiger partial charge in [-0.05, 0) is 30.0 Å². The third-order valence-electron chi connectivity index (χ3n) is 2.42. The molecule has 14 heavy (non-hydrogen) atoms. The Kier molecular flexibility index (Phi) is 3.69. The predicted octanol–water partition coefficient (Wildman–Crippen LogP) is 2.30. The van der Waals surface area contributed by atoms with Crippen molar-refractivity contribution in [2.75, 3.05) is 0 Å². The van der Waals surface area contributed by atoms with Crippen molar-refractivity contribution in [3.8, 4) is 0 Å². The molecule has 0 spiro atoms. The van der Waals surface area contributed by atoms with Gasteiger partial charge < -0.3 is 5.73 Å². The molecule has 2 N–H and O–H groups in total. The average molecular weight is 191 g/mol. The van der Waals surface area contributed by atoms with Crippen molar-refractivity contribution in [1.29, 1.82) is 0 Å². The van der Waals surface area contributed by atoms with E-state index in [0.717, 1.165) is 24.8 Å². The first-order chi connectivity index (χ1) is 6.70. The summed E-state index contributed by atoms with van der Waals surface area (Å²) in [6.45, 7) is 4.20. The Labute approximate surface area is 85.1 Å². The number of aryl methyl sites for hydroxylation is 1. The molecule has 0 saturated carbocycles. The van der Waals surface area contributed by atoms with Gasteiger partial charge in [-0.15, -0.1) is 0 Å². The highest BCUT2D eigenvalue weighted by atomic mass is 16.1. The van der Waals surface area contributed by atoms with Crippen molar-refractivity contribution in [2.45, 2.75) is 33.1 Å². The maximum atomic E-state index is 11.2. The van der Waals surface area contributed by atoms with Gasteiger partial charge in [0.1, 0.15) is 0 Å². The van der Waals surface area contributed by atoms with Crippen molar-refractivity contribution in [3.63, 3.8) is 0 Å². The van der Waals surface area contributed by atoms with Crippen LogP contribution in [0.25, 0.3) is 0 Å². The number of carbonyl (C=O) groups is 1. The Morgan fingerprint density at radius 1 is 1.36 bits per heavy atom. The van der Waals surface area contributed by atoms with E-state index in [1.807, 2.05) is 12.1 Å². The highest BCUT2D eigenvalue weighted by Crippen LogP contribution is 2.17. The normalized spacial score (nSPS) is 10.1. The SMILES string of the molecule is CCCc1c(CC)cccc1C(N)=O. The fraction of sp³-hybridized carbons (Fsp3) is 0.417. The van der Waals surface area contributed by atoms with Gasteiger partial charge in [-0.2, -0.15) is 0 Å². The topological polar surface area (TPSA) is 43.1 Å². The number of amides is 1. The molecule has 0 aliphatic rings. The second-order valence-corrected chi connectivity index (χ2v) is 3.41. The highest BCUT2D eigenvalue weighted by Gasteiger charge is 2.09. The van der Waals surface area contributed by atoms with Gasteiger partial charge in [-0.25, -0.2) is 0 Å². The number of rotatable bonds is 4. The van der Waals surface area contributed by atoms with E-state index in [9.17, 15) is 4.79 Å². The molecule has 2 nitrogen and oxygen atoms in total. The van der Waals surface area contributed by atoms with Crippen molar-refractivity contribution < 1.29 is 4.79 Å². The first-order valence-electron chi connectivity index (χ1n) is 5.11. The third kappa shape index (κ3) is 2.13. The number of benzene rings is 1.